The Balaban J connectivity index is 1.21. The van der Waals surface area contributed by atoms with Crippen molar-refractivity contribution in [3.8, 4) is 5.75 Å². The molecule has 2 amide bonds. The molecule has 2 aromatic rings. The third-order valence-electron chi connectivity index (χ3n) is 8.00. The molecule has 2 heterocycles. The molecule has 0 radical (unpaired) electrons. The molecule has 1 saturated heterocycles. The quantitative estimate of drug-likeness (QED) is 0.634. The maximum atomic E-state index is 12.7. The number of benzene rings is 1. The number of carbonyl (C=O) groups is 2. The van der Waals surface area contributed by atoms with Crippen molar-refractivity contribution in [2.45, 2.75) is 70.3 Å². The number of aliphatic hydroxyl groups is 1. The van der Waals surface area contributed by atoms with E-state index in [4.69, 9.17) is 9.15 Å². The molecule has 35 heavy (non-hydrogen) atoms. The van der Waals surface area contributed by atoms with E-state index in [-0.39, 0.29) is 36.5 Å². The second kappa shape index (κ2) is 9.64. The lowest BCUT2D eigenvalue weighted by molar-refractivity contribution is -0.143. The molecule has 0 spiro atoms. The van der Waals surface area contributed by atoms with Crippen LogP contribution in [-0.2, 0) is 22.4 Å². The number of fused-ring (bicyclic) bond motifs is 4. The molecule has 0 bridgehead atoms. The number of amides is 2. The number of hydrogen-bond donors (Lipinski definition) is 2. The van der Waals surface area contributed by atoms with Crippen LogP contribution in [0.2, 0.25) is 0 Å². The summed E-state index contributed by atoms with van der Waals surface area (Å²) in [7, 11) is 0. The van der Waals surface area contributed by atoms with E-state index in [1.54, 1.807) is 4.90 Å². The molecule has 8 heteroatoms. The van der Waals surface area contributed by atoms with Crippen LogP contribution in [0, 0.1) is 12.8 Å². The van der Waals surface area contributed by atoms with Crippen LogP contribution in [0.1, 0.15) is 61.6 Å². The highest BCUT2D eigenvalue weighted by Crippen LogP contribution is 2.39. The highest BCUT2D eigenvalue weighted by Gasteiger charge is 2.43. The summed E-state index contributed by atoms with van der Waals surface area (Å²) in [4.78, 5) is 39.4. The van der Waals surface area contributed by atoms with Gasteiger partial charge in [0, 0.05) is 24.6 Å². The fraction of sp³-hybridized carbons (Fsp3) is 0.593. The lowest BCUT2D eigenvalue weighted by atomic mass is 9.71. The molecule has 0 unspecified atom stereocenters. The number of hydrogen-bond acceptors (Lipinski definition) is 6. The summed E-state index contributed by atoms with van der Waals surface area (Å²) in [5.41, 5.74) is 2.09. The number of piperidine rings is 1. The number of aryl methyl sites for hydroxylation is 2. The number of rotatable bonds is 5. The summed E-state index contributed by atoms with van der Waals surface area (Å²) in [6.45, 7) is 2.63. The average molecular weight is 483 g/mol. The third kappa shape index (κ3) is 4.81. The molecule has 1 aromatic carbocycles. The zero-order valence-corrected chi connectivity index (χ0v) is 20.4. The van der Waals surface area contributed by atoms with Crippen LogP contribution >= 0.6 is 0 Å². The van der Waals surface area contributed by atoms with Gasteiger partial charge < -0.3 is 24.5 Å². The SMILES string of the molecule is Cc1cc(OCC(=O)NCC(=O)N2CC[C@]3(O)CCCC[C@@H]3C2)c2c3c(c(=O)oc2c1)CCCC3. The zero-order chi connectivity index (χ0) is 24.6. The minimum Gasteiger partial charge on any atom is -0.483 e. The predicted octanol–water partition coefficient (Wildman–Crippen LogP) is 2.63. The molecular formula is C27H34N2O6. The van der Waals surface area contributed by atoms with Gasteiger partial charge in [-0.15, -0.1) is 0 Å². The summed E-state index contributed by atoms with van der Waals surface area (Å²) in [6.07, 6.45) is 7.91. The summed E-state index contributed by atoms with van der Waals surface area (Å²) < 4.78 is 11.5. The first kappa shape index (κ1) is 23.9. The van der Waals surface area contributed by atoms with Crippen LogP contribution in [0.15, 0.2) is 21.3 Å². The van der Waals surface area contributed by atoms with Gasteiger partial charge in [-0.1, -0.05) is 12.8 Å². The molecule has 1 aliphatic heterocycles. The number of carbonyl (C=O) groups excluding carboxylic acids is 2. The van der Waals surface area contributed by atoms with Gasteiger partial charge in [0.2, 0.25) is 5.91 Å². The van der Waals surface area contributed by atoms with Gasteiger partial charge >= 0.3 is 5.63 Å². The van der Waals surface area contributed by atoms with Crippen LogP contribution < -0.4 is 15.7 Å². The Morgan fingerprint density at radius 1 is 1.17 bits per heavy atom. The zero-order valence-electron chi connectivity index (χ0n) is 20.4. The smallest absolute Gasteiger partial charge is 0.339 e. The first-order valence-corrected chi connectivity index (χ1v) is 12.8. The Morgan fingerprint density at radius 2 is 1.97 bits per heavy atom. The van der Waals surface area contributed by atoms with E-state index in [0.717, 1.165) is 61.5 Å². The Labute approximate surface area is 204 Å². The van der Waals surface area contributed by atoms with E-state index >= 15 is 0 Å². The Hall–Kier alpha value is -2.87. The van der Waals surface area contributed by atoms with E-state index in [2.05, 4.69) is 5.32 Å². The first-order valence-electron chi connectivity index (χ1n) is 12.8. The van der Waals surface area contributed by atoms with Crippen molar-refractivity contribution in [1.82, 2.24) is 10.2 Å². The first-order chi connectivity index (χ1) is 16.8. The van der Waals surface area contributed by atoms with Crippen LogP contribution in [0.25, 0.3) is 11.0 Å². The minimum absolute atomic E-state index is 0.0911. The topological polar surface area (TPSA) is 109 Å². The maximum Gasteiger partial charge on any atom is 0.339 e. The van der Waals surface area contributed by atoms with Gasteiger partial charge in [-0.05, 0) is 75.1 Å². The molecule has 1 aromatic heterocycles. The van der Waals surface area contributed by atoms with Crippen LogP contribution in [0.3, 0.4) is 0 Å². The summed E-state index contributed by atoms with van der Waals surface area (Å²) in [6, 6.07) is 3.68. The van der Waals surface area contributed by atoms with Gasteiger partial charge in [-0.25, -0.2) is 4.79 Å². The maximum absolute atomic E-state index is 12.7. The summed E-state index contributed by atoms with van der Waals surface area (Å²) >= 11 is 0. The van der Waals surface area contributed by atoms with Gasteiger partial charge in [-0.2, -0.15) is 0 Å². The Bertz CT molecular complexity index is 1200. The Kier molecular flexibility index (Phi) is 6.57. The normalized spacial score (nSPS) is 23.9. The predicted molar refractivity (Wildman–Crippen MR) is 130 cm³/mol. The highest BCUT2D eigenvalue weighted by molar-refractivity contribution is 5.89. The second-order valence-electron chi connectivity index (χ2n) is 10.4. The fourth-order valence-corrected chi connectivity index (χ4v) is 6.06. The molecule has 2 N–H and O–H groups in total. The molecule has 5 rings (SSSR count). The molecule has 2 aliphatic carbocycles. The van der Waals surface area contributed by atoms with Crippen molar-refractivity contribution < 1.29 is 23.8 Å². The average Bonchev–Trinajstić information content (AvgIpc) is 2.85. The van der Waals surface area contributed by atoms with Crippen LogP contribution in [0.5, 0.6) is 5.75 Å². The third-order valence-corrected chi connectivity index (χ3v) is 8.00. The fourth-order valence-electron chi connectivity index (χ4n) is 6.06. The number of nitrogens with zero attached hydrogens (tertiary/aromatic N) is 1. The lowest BCUT2D eigenvalue weighted by Gasteiger charge is -2.47. The van der Waals surface area contributed by atoms with Crippen molar-refractivity contribution >= 4 is 22.8 Å². The molecule has 2 fully saturated rings. The molecule has 8 nitrogen and oxygen atoms in total. The van der Waals surface area contributed by atoms with Crippen LogP contribution in [0.4, 0.5) is 0 Å². The molecular weight excluding hydrogens is 448 g/mol. The van der Waals surface area contributed by atoms with Crippen molar-refractivity contribution in [3.63, 3.8) is 0 Å². The molecule has 2 atom stereocenters. The van der Waals surface area contributed by atoms with Gasteiger partial charge in [0.05, 0.1) is 17.5 Å². The number of nitrogens with one attached hydrogen (secondary N) is 1. The van der Waals surface area contributed by atoms with Crippen molar-refractivity contribution in [1.29, 1.82) is 0 Å². The van der Waals surface area contributed by atoms with Gasteiger partial charge in [0.1, 0.15) is 11.3 Å². The lowest BCUT2D eigenvalue weighted by Crippen LogP contribution is -2.56. The van der Waals surface area contributed by atoms with Crippen molar-refractivity contribution in [2.75, 3.05) is 26.2 Å². The summed E-state index contributed by atoms with van der Waals surface area (Å²) in [5.74, 6) is 0.123. The largest absolute Gasteiger partial charge is 0.483 e. The Morgan fingerprint density at radius 3 is 2.80 bits per heavy atom. The van der Waals surface area contributed by atoms with E-state index < -0.39 is 5.60 Å². The van der Waals surface area contributed by atoms with E-state index in [9.17, 15) is 19.5 Å². The van der Waals surface area contributed by atoms with Gasteiger partial charge in [0.15, 0.2) is 6.61 Å². The van der Waals surface area contributed by atoms with E-state index in [0.29, 0.717) is 42.8 Å². The molecule has 1 saturated carbocycles. The van der Waals surface area contributed by atoms with Crippen LogP contribution in [-0.4, -0.2) is 53.7 Å². The van der Waals surface area contributed by atoms with E-state index in [1.165, 1.54) is 0 Å². The monoisotopic (exact) mass is 482 g/mol. The second-order valence-corrected chi connectivity index (χ2v) is 10.4. The van der Waals surface area contributed by atoms with Gasteiger partial charge in [-0.3, -0.25) is 9.59 Å². The van der Waals surface area contributed by atoms with Gasteiger partial charge in [0.25, 0.3) is 5.91 Å². The standard InChI is InChI=1S/C27H34N2O6/c1-17-12-21(25-19-7-2-3-8-20(19)26(32)35-22(25)13-17)34-16-23(30)28-14-24(31)29-11-10-27(33)9-5-4-6-18(27)15-29/h12-13,18,33H,2-11,14-16H2,1H3,(H,28,30)/t18-,27-/m1/s1. The summed E-state index contributed by atoms with van der Waals surface area (Å²) in [5, 5.41) is 14.3. The van der Waals surface area contributed by atoms with Crippen molar-refractivity contribution in [2.24, 2.45) is 5.92 Å². The number of likely N-dealkylation sites (tertiary alicyclic amines) is 1. The van der Waals surface area contributed by atoms with E-state index in [1.807, 2.05) is 19.1 Å². The van der Waals surface area contributed by atoms with Crippen molar-refractivity contribution in [3.05, 3.63) is 39.2 Å². The highest BCUT2D eigenvalue weighted by atomic mass is 16.5. The molecule has 188 valence electrons. The number of ether oxygens (including phenoxy) is 1. The molecule has 3 aliphatic rings. The minimum atomic E-state index is -0.638.